The lowest BCUT2D eigenvalue weighted by Crippen LogP contribution is -2.36. The average molecular weight is 318 g/mol. The van der Waals surface area contributed by atoms with Crippen molar-refractivity contribution >= 4 is 29.1 Å². The largest absolute Gasteiger partial charge is 0.381 e. The number of halogens is 2. The van der Waals surface area contributed by atoms with Crippen molar-refractivity contribution in [3.05, 3.63) is 33.8 Å². The maximum absolute atomic E-state index is 12.2. The molecule has 1 amide bonds. The molecule has 0 aliphatic rings. The molecule has 1 aromatic carbocycles. The van der Waals surface area contributed by atoms with Gasteiger partial charge in [0.15, 0.2) is 0 Å². The first-order valence-corrected chi connectivity index (χ1v) is 7.52. The molecule has 0 spiro atoms. The molecule has 0 saturated heterocycles. The number of hydrogen-bond acceptors (Lipinski definition) is 2. The second-order valence-corrected chi connectivity index (χ2v) is 5.63. The van der Waals surface area contributed by atoms with Gasteiger partial charge in [-0.15, -0.1) is 0 Å². The maximum atomic E-state index is 12.2. The highest BCUT2D eigenvalue weighted by Gasteiger charge is 2.17. The second kappa shape index (κ2) is 8.50. The molecule has 0 fully saturated rings. The molecule has 0 aromatic heterocycles. The van der Waals surface area contributed by atoms with Crippen LogP contribution in [0.2, 0.25) is 10.0 Å². The van der Waals surface area contributed by atoms with Gasteiger partial charge in [0.25, 0.3) is 0 Å². The van der Waals surface area contributed by atoms with Gasteiger partial charge >= 0.3 is 0 Å². The third kappa shape index (κ3) is 5.31. The summed E-state index contributed by atoms with van der Waals surface area (Å²) in [6.45, 7) is 7.52. The van der Waals surface area contributed by atoms with Crippen LogP contribution in [0.15, 0.2) is 18.2 Å². The first-order valence-electron chi connectivity index (χ1n) is 6.76. The molecular weight excluding hydrogens is 297 g/mol. The number of carbonyl (C=O) groups excluding carboxylic acids is 1. The number of carbonyl (C=O) groups is 1. The highest BCUT2D eigenvalue weighted by molar-refractivity contribution is 6.42. The van der Waals surface area contributed by atoms with Crippen LogP contribution in [-0.2, 0) is 16.1 Å². The summed E-state index contributed by atoms with van der Waals surface area (Å²) in [5.74, 6) is 0.0829. The predicted molar refractivity (Wildman–Crippen MR) is 83.3 cm³/mol. The van der Waals surface area contributed by atoms with Gasteiger partial charge < -0.3 is 9.64 Å². The Labute approximate surface area is 130 Å². The number of nitrogens with zero attached hydrogens (tertiary/aromatic N) is 1. The van der Waals surface area contributed by atoms with Crippen LogP contribution in [0.5, 0.6) is 0 Å². The van der Waals surface area contributed by atoms with Gasteiger partial charge in [-0.3, -0.25) is 4.79 Å². The Kier molecular flexibility index (Phi) is 7.35. The Morgan fingerprint density at radius 3 is 2.55 bits per heavy atom. The number of hydrogen-bond donors (Lipinski definition) is 0. The molecule has 112 valence electrons. The van der Waals surface area contributed by atoms with Crippen LogP contribution in [0.3, 0.4) is 0 Å². The van der Waals surface area contributed by atoms with E-state index in [9.17, 15) is 4.79 Å². The molecule has 0 saturated carbocycles. The number of rotatable bonds is 7. The minimum atomic E-state index is 0.0829. The van der Waals surface area contributed by atoms with Gasteiger partial charge in [0, 0.05) is 19.2 Å². The van der Waals surface area contributed by atoms with E-state index in [4.69, 9.17) is 27.9 Å². The third-order valence-electron chi connectivity index (χ3n) is 2.95. The standard InChI is InChI=1S/C15H21Cl2NO2/c1-4-20-8-7-15(19)18(11(2)3)10-12-5-6-13(16)14(17)9-12/h5-6,9,11H,4,7-8,10H2,1-3H3. The predicted octanol–water partition coefficient (Wildman–Crippen LogP) is 4.16. The van der Waals surface area contributed by atoms with Crippen LogP contribution in [-0.4, -0.2) is 30.1 Å². The van der Waals surface area contributed by atoms with Crippen molar-refractivity contribution in [2.75, 3.05) is 13.2 Å². The second-order valence-electron chi connectivity index (χ2n) is 4.81. The van der Waals surface area contributed by atoms with Gasteiger partial charge in [-0.1, -0.05) is 29.3 Å². The number of amides is 1. The van der Waals surface area contributed by atoms with E-state index in [1.165, 1.54) is 0 Å². The summed E-state index contributed by atoms with van der Waals surface area (Å²) in [6, 6.07) is 5.57. The first kappa shape index (κ1) is 17.3. The fourth-order valence-corrected chi connectivity index (χ4v) is 2.16. The van der Waals surface area contributed by atoms with E-state index in [1.54, 1.807) is 12.1 Å². The SMILES string of the molecule is CCOCCC(=O)N(Cc1ccc(Cl)c(Cl)c1)C(C)C. The molecule has 1 rings (SSSR count). The van der Waals surface area contributed by atoms with Crippen molar-refractivity contribution < 1.29 is 9.53 Å². The summed E-state index contributed by atoms with van der Waals surface area (Å²) in [7, 11) is 0. The fraction of sp³-hybridized carbons (Fsp3) is 0.533. The van der Waals surface area contributed by atoms with E-state index in [1.807, 2.05) is 31.7 Å². The molecule has 1 aromatic rings. The van der Waals surface area contributed by atoms with Crippen molar-refractivity contribution in [1.82, 2.24) is 4.90 Å². The lowest BCUT2D eigenvalue weighted by molar-refractivity contribution is -0.134. The Hall–Kier alpha value is -0.770. The van der Waals surface area contributed by atoms with E-state index in [0.717, 1.165) is 5.56 Å². The van der Waals surface area contributed by atoms with Crippen LogP contribution in [0.1, 0.15) is 32.8 Å². The van der Waals surface area contributed by atoms with Crippen molar-refractivity contribution in [2.24, 2.45) is 0 Å². The number of ether oxygens (including phenoxy) is 1. The molecule has 0 atom stereocenters. The van der Waals surface area contributed by atoms with Crippen LogP contribution < -0.4 is 0 Å². The van der Waals surface area contributed by atoms with E-state index < -0.39 is 0 Å². The minimum Gasteiger partial charge on any atom is -0.381 e. The topological polar surface area (TPSA) is 29.5 Å². The van der Waals surface area contributed by atoms with Gasteiger partial charge in [0.2, 0.25) is 5.91 Å². The van der Waals surface area contributed by atoms with Crippen molar-refractivity contribution in [2.45, 2.75) is 39.8 Å². The summed E-state index contributed by atoms with van der Waals surface area (Å²) in [6.07, 6.45) is 0.396. The van der Waals surface area contributed by atoms with Crippen LogP contribution in [0, 0.1) is 0 Å². The van der Waals surface area contributed by atoms with Gasteiger partial charge in [-0.25, -0.2) is 0 Å². The first-order chi connectivity index (χ1) is 9.45. The lowest BCUT2D eigenvalue weighted by Gasteiger charge is -2.27. The van der Waals surface area contributed by atoms with Crippen LogP contribution in [0.4, 0.5) is 0 Å². The zero-order valence-electron chi connectivity index (χ0n) is 12.2. The summed E-state index contributed by atoms with van der Waals surface area (Å²) >= 11 is 11.9. The molecule has 0 aliphatic heterocycles. The lowest BCUT2D eigenvalue weighted by atomic mass is 10.1. The maximum Gasteiger partial charge on any atom is 0.225 e. The van der Waals surface area contributed by atoms with Gasteiger partial charge in [-0.05, 0) is 38.5 Å². The summed E-state index contributed by atoms with van der Waals surface area (Å²) in [4.78, 5) is 14.0. The Bertz CT molecular complexity index is 449. The quantitative estimate of drug-likeness (QED) is 0.707. The van der Waals surface area contributed by atoms with E-state index in [0.29, 0.717) is 36.2 Å². The van der Waals surface area contributed by atoms with E-state index >= 15 is 0 Å². The third-order valence-corrected chi connectivity index (χ3v) is 3.68. The van der Waals surface area contributed by atoms with Crippen LogP contribution in [0.25, 0.3) is 0 Å². The molecule has 20 heavy (non-hydrogen) atoms. The zero-order chi connectivity index (χ0) is 15.1. The minimum absolute atomic E-state index is 0.0829. The molecular formula is C15H21Cl2NO2. The van der Waals surface area contributed by atoms with Gasteiger partial charge in [0.05, 0.1) is 23.1 Å². The monoisotopic (exact) mass is 317 g/mol. The summed E-state index contributed by atoms with van der Waals surface area (Å²) in [5.41, 5.74) is 0.970. The van der Waals surface area contributed by atoms with Gasteiger partial charge in [0.1, 0.15) is 0 Å². The molecule has 3 nitrogen and oxygen atoms in total. The number of benzene rings is 1. The summed E-state index contributed by atoms with van der Waals surface area (Å²) < 4.78 is 5.23. The fourth-order valence-electron chi connectivity index (χ4n) is 1.84. The van der Waals surface area contributed by atoms with Crippen LogP contribution >= 0.6 is 23.2 Å². The highest BCUT2D eigenvalue weighted by Crippen LogP contribution is 2.23. The smallest absolute Gasteiger partial charge is 0.225 e. The Morgan fingerprint density at radius 1 is 1.30 bits per heavy atom. The molecule has 0 heterocycles. The highest BCUT2D eigenvalue weighted by atomic mass is 35.5. The molecule has 0 bridgehead atoms. The van der Waals surface area contributed by atoms with E-state index in [2.05, 4.69) is 0 Å². The van der Waals surface area contributed by atoms with E-state index in [-0.39, 0.29) is 11.9 Å². The summed E-state index contributed by atoms with van der Waals surface area (Å²) in [5, 5.41) is 1.03. The Balaban J connectivity index is 2.71. The van der Waals surface area contributed by atoms with Crippen molar-refractivity contribution in [3.63, 3.8) is 0 Å². The van der Waals surface area contributed by atoms with Crippen molar-refractivity contribution in [3.8, 4) is 0 Å². The van der Waals surface area contributed by atoms with Crippen molar-refractivity contribution in [1.29, 1.82) is 0 Å². The zero-order valence-corrected chi connectivity index (χ0v) is 13.7. The Morgan fingerprint density at radius 2 is 2.00 bits per heavy atom. The molecule has 0 N–H and O–H groups in total. The molecule has 0 radical (unpaired) electrons. The normalized spacial score (nSPS) is 10.9. The van der Waals surface area contributed by atoms with Gasteiger partial charge in [-0.2, -0.15) is 0 Å². The average Bonchev–Trinajstić information content (AvgIpc) is 2.39. The molecule has 0 unspecified atom stereocenters. The molecule has 0 aliphatic carbocycles. The molecule has 5 heteroatoms.